The molecule has 1 nitrogen and oxygen atoms in total. The van der Waals surface area contributed by atoms with E-state index >= 15 is 0 Å². The molecule has 3 atom stereocenters. The number of ether oxygens (including phenoxy) is 1. The third-order valence-corrected chi connectivity index (χ3v) is 6.21. The van der Waals surface area contributed by atoms with Crippen LogP contribution in [0.4, 0.5) is 0 Å². The molecule has 1 aliphatic rings. The summed E-state index contributed by atoms with van der Waals surface area (Å²) in [5.41, 5.74) is 2.65. The second-order valence-corrected chi connectivity index (χ2v) is 8.03. The fourth-order valence-corrected chi connectivity index (χ4v) is 4.51. The molecule has 30 heavy (non-hydrogen) atoms. The van der Waals surface area contributed by atoms with E-state index in [1.807, 2.05) is 18.2 Å². The Kier molecular flexibility index (Phi) is 7.79. The molecule has 0 bridgehead atoms. The van der Waals surface area contributed by atoms with Gasteiger partial charge in [-0.2, -0.15) is 0 Å². The van der Waals surface area contributed by atoms with E-state index in [9.17, 15) is 0 Å². The van der Waals surface area contributed by atoms with Gasteiger partial charge in [0.05, 0.1) is 0 Å². The van der Waals surface area contributed by atoms with Gasteiger partial charge in [-0.15, -0.1) is 0 Å². The molecule has 1 unspecified atom stereocenters. The van der Waals surface area contributed by atoms with Crippen molar-refractivity contribution < 1.29 is 23.6 Å². The zero-order chi connectivity index (χ0) is 20.1. The van der Waals surface area contributed by atoms with Crippen LogP contribution in [0.2, 0.25) is 0 Å². The Balaban J connectivity index is 0.00000256. The summed E-state index contributed by atoms with van der Waals surface area (Å²) in [6.45, 7) is 8.40. The molecule has 1 aliphatic carbocycles. The zero-order valence-electron chi connectivity index (χ0n) is 18.1. The van der Waals surface area contributed by atoms with E-state index in [2.05, 4.69) is 79.7 Å². The van der Waals surface area contributed by atoms with Gasteiger partial charge in [0.2, 0.25) is 0 Å². The minimum absolute atomic E-state index is 0. The largest absolute Gasteiger partial charge is 1.00 e. The average molecular weight is 388 g/mol. The van der Waals surface area contributed by atoms with Gasteiger partial charge in [0.1, 0.15) is 5.60 Å². The molecular formula is C28H29LiO. The van der Waals surface area contributed by atoms with Crippen LogP contribution in [0.25, 0.3) is 0 Å². The Labute approximate surface area is 193 Å². The maximum Gasteiger partial charge on any atom is 1.00 e. The van der Waals surface area contributed by atoms with E-state index < -0.39 is 5.60 Å². The fourth-order valence-electron chi connectivity index (χ4n) is 4.51. The van der Waals surface area contributed by atoms with Crippen LogP contribution in [0.3, 0.4) is 0 Å². The number of rotatable bonds is 9. The number of benzene rings is 3. The van der Waals surface area contributed by atoms with Crippen molar-refractivity contribution >= 4 is 0 Å². The quantitative estimate of drug-likeness (QED) is 0.308. The summed E-state index contributed by atoms with van der Waals surface area (Å²) in [4.78, 5) is 0. The van der Waals surface area contributed by atoms with Crippen molar-refractivity contribution in [3.8, 4) is 0 Å². The van der Waals surface area contributed by atoms with Crippen LogP contribution in [0.1, 0.15) is 42.9 Å². The number of hydrogen-bond donors (Lipinski definition) is 0. The van der Waals surface area contributed by atoms with Crippen molar-refractivity contribution in [3.63, 3.8) is 0 Å². The molecule has 0 radical (unpaired) electrons. The topological polar surface area (TPSA) is 9.23 Å². The van der Waals surface area contributed by atoms with Gasteiger partial charge in [0.15, 0.2) is 0 Å². The van der Waals surface area contributed by atoms with Gasteiger partial charge in [-0.05, 0) is 41.4 Å². The Hall–Kier alpha value is -2.04. The number of hydrogen-bond acceptors (Lipinski definition) is 1. The van der Waals surface area contributed by atoms with Gasteiger partial charge in [-0.25, -0.2) is 6.08 Å². The van der Waals surface area contributed by atoms with Crippen LogP contribution in [0.15, 0.2) is 97.1 Å². The van der Waals surface area contributed by atoms with Crippen molar-refractivity contribution in [2.45, 2.75) is 37.9 Å². The molecule has 0 saturated heterocycles. The molecule has 0 spiro atoms. The fraction of sp³-hybridized carbons (Fsp3) is 0.286. The minimum atomic E-state index is -0.707. The molecule has 0 N–H and O–H groups in total. The first-order valence-electron chi connectivity index (χ1n) is 10.7. The molecule has 2 heteroatoms. The monoisotopic (exact) mass is 388 g/mol. The average Bonchev–Trinajstić information content (AvgIpc) is 3.56. The smallest absolute Gasteiger partial charge is 0.515 e. The first-order valence-corrected chi connectivity index (χ1v) is 10.7. The van der Waals surface area contributed by atoms with E-state index in [-0.39, 0.29) is 25.0 Å². The SMILES string of the molecule is [CH-]=CC(C[C@@H]1C[C@@H]1CC)OC(c1ccccc1)(c1ccccc1)c1ccccc1.[Li+]. The Morgan fingerprint density at radius 2 is 1.27 bits per heavy atom. The molecule has 0 heterocycles. The van der Waals surface area contributed by atoms with Gasteiger partial charge in [0.25, 0.3) is 0 Å². The Bertz CT molecular complexity index is 810. The summed E-state index contributed by atoms with van der Waals surface area (Å²) < 4.78 is 7.01. The predicted molar refractivity (Wildman–Crippen MR) is 119 cm³/mol. The van der Waals surface area contributed by atoms with E-state index in [0.29, 0.717) is 5.92 Å². The van der Waals surface area contributed by atoms with Crippen molar-refractivity contribution in [2.75, 3.05) is 0 Å². The molecular weight excluding hydrogens is 359 g/mol. The second-order valence-electron chi connectivity index (χ2n) is 8.03. The van der Waals surface area contributed by atoms with Gasteiger partial charge >= 0.3 is 18.9 Å². The first kappa shape index (κ1) is 22.6. The van der Waals surface area contributed by atoms with E-state index in [1.165, 1.54) is 12.8 Å². The third-order valence-electron chi connectivity index (χ3n) is 6.21. The van der Waals surface area contributed by atoms with Crippen molar-refractivity contribution in [1.82, 2.24) is 0 Å². The molecule has 1 saturated carbocycles. The molecule has 0 amide bonds. The molecule has 3 aromatic carbocycles. The summed E-state index contributed by atoms with van der Waals surface area (Å²) in [7, 11) is 0. The Morgan fingerprint density at radius 3 is 1.60 bits per heavy atom. The summed E-state index contributed by atoms with van der Waals surface area (Å²) in [6.07, 6.45) is 5.14. The summed E-state index contributed by atoms with van der Waals surface area (Å²) in [6, 6.07) is 31.5. The van der Waals surface area contributed by atoms with Crippen molar-refractivity contribution in [2.24, 2.45) is 11.8 Å². The summed E-state index contributed by atoms with van der Waals surface area (Å²) in [5, 5.41) is 0. The Morgan fingerprint density at radius 1 is 0.833 bits per heavy atom. The van der Waals surface area contributed by atoms with E-state index in [1.54, 1.807) is 6.08 Å². The van der Waals surface area contributed by atoms with Crippen LogP contribution in [0, 0.1) is 18.4 Å². The van der Waals surface area contributed by atoms with Gasteiger partial charge in [-0.1, -0.05) is 104 Å². The van der Waals surface area contributed by atoms with Gasteiger partial charge in [-0.3, -0.25) is 0 Å². The van der Waals surface area contributed by atoms with Crippen LogP contribution >= 0.6 is 0 Å². The van der Waals surface area contributed by atoms with Crippen LogP contribution in [-0.4, -0.2) is 6.10 Å². The zero-order valence-corrected chi connectivity index (χ0v) is 18.1. The maximum absolute atomic E-state index is 7.01. The minimum Gasteiger partial charge on any atom is -0.515 e. The van der Waals surface area contributed by atoms with Crippen LogP contribution < -0.4 is 18.9 Å². The normalized spacial score (nSPS) is 18.8. The molecule has 4 rings (SSSR count). The summed E-state index contributed by atoms with van der Waals surface area (Å²) in [5.74, 6) is 1.53. The predicted octanol–water partition coefficient (Wildman–Crippen LogP) is 3.79. The standard InChI is InChI=1S/C28H29O.Li/c1-3-22-20-23(22)21-27(4-2)29-28(24-14-8-5-9-15-24,25-16-10-6-11-17-25)26-18-12-7-13-19-26;/h2,4-19,22-23,27H,3,20-21H2,1H3;/q-1;+1/t22-,23-,27?;/m0./s1. The van der Waals surface area contributed by atoms with E-state index in [0.717, 1.165) is 29.0 Å². The second kappa shape index (κ2) is 10.3. The van der Waals surface area contributed by atoms with Gasteiger partial charge < -0.3 is 11.3 Å². The molecule has 148 valence electrons. The molecule has 3 aromatic rings. The van der Waals surface area contributed by atoms with E-state index in [4.69, 9.17) is 11.3 Å². The van der Waals surface area contributed by atoms with Crippen molar-refractivity contribution in [1.29, 1.82) is 0 Å². The maximum atomic E-state index is 7.01. The van der Waals surface area contributed by atoms with Crippen LogP contribution in [0.5, 0.6) is 0 Å². The summed E-state index contributed by atoms with van der Waals surface area (Å²) >= 11 is 0. The third kappa shape index (κ3) is 4.65. The first-order chi connectivity index (χ1) is 14.3. The molecule has 1 fully saturated rings. The van der Waals surface area contributed by atoms with Gasteiger partial charge in [0, 0.05) is 6.10 Å². The van der Waals surface area contributed by atoms with Crippen LogP contribution in [-0.2, 0) is 10.3 Å². The molecule has 0 aromatic heterocycles. The molecule has 0 aliphatic heterocycles. The van der Waals surface area contributed by atoms with Crippen molar-refractivity contribution in [3.05, 3.63) is 120 Å².